The molecule has 2 atom stereocenters. The largest absolute Gasteiger partial charge is 0.416 e. The van der Waals surface area contributed by atoms with Crippen LogP contribution in [0.25, 0.3) is 0 Å². The fourth-order valence-corrected chi connectivity index (χ4v) is 2.33. The van der Waals surface area contributed by atoms with Gasteiger partial charge in [-0.3, -0.25) is 0 Å². The number of β-amino-alcohol motifs (C(OH)–C–C–N with tert-alkyl or cyclic N) is 1. The number of amides is 2. The summed E-state index contributed by atoms with van der Waals surface area (Å²) >= 11 is 0. The van der Waals surface area contributed by atoms with Crippen molar-refractivity contribution in [2.45, 2.75) is 32.2 Å². The zero-order chi connectivity index (χ0) is 16.3. The molecule has 2 amide bonds. The lowest BCUT2D eigenvalue weighted by atomic mass is 9.96. The van der Waals surface area contributed by atoms with Crippen LogP contribution in [-0.4, -0.2) is 35.2 Å². The van der Waals surface area contributed by atoms with Crippen LogP contribution >= 0.6 is 0 Å². The van der Waals surface area contributed by atoms with Gasteiger partial charge in [-0.1, -0.05) is 19.1 Å². The third-order valence-electron chi connectivity index (χ3n) is 3.93. The Kier molecular flexibility index (Phi) is 4.95. The Morgan fingerprint density at radius 3 is 2.55 bits per heavy atom. The summed E-state index contributed by atoms with van der Waals surface area (Å²) in [5, 5.41) is 12.4. The maximum absolute atomic E-state index is 12.4. The summed E-state index contributed by atoms with van der Waals surface area (Å²) in [5.74, 6) is 0.166. The van der Waals surface area contributed by atoms with Crippen LogP contribution in [0.2, 0.25) is 0 Å². The van der Waals surface area contributed by atoms with E-state index in [9.17, 15) is 23.1 Å². The maximum atomic E-state index is 12.4. The Bertz CT molecular complexity index is 517. The Balaban J connectivity index is 1.86. The summed E-state index contributed by atoms with van der Waals surface area (Å²) in [4.78, 5) is 13.5. The molecule has 1 aliphatic rings. The van der Waals surface area contributed by atoms with Gasteiger partial charge >= 0.3 is 12.2 Å². The van der Waals surface area contributed by atoms with E-state index < -0.39 is 17.8 Å². The molecule has 0 saturated carbocycles. The lowest BCUT2D eigenvalue weighted by Crippen LogP contribution is -2.49. The molecule has 2 N–H and O–H groups in total. The van der Waals surface area contributed by atoms with Crippen molar-refractivity contribution < 1.29 is 23.1 Å². The first-order valence-electron chi connectivity index (χ1n) is 7.14. The van der Waals surface area contributed by atoms with E-state index in [1.54, 1.807) is 0 Å². The highest BCUT2D eigenvalue weighted by Gasteiger charge is 2.30. The van der Waals surface area contributed by atoms with Gasteiger partial charge in [0.2, 0.25) is 0 Å². The van der Waals surface area contributed by atoms with Crippen molar-refractivity contribution in [3.05, 3.63) is 35.4 Å². The van der Waals surface area contributed by atoms with Gasteiger partial charge in [-0.05, 0) is 30.0 Å². The van der Waals surface area contributed by atoms with Crippen molar-refractivity contribution in [1.82, 2.24) is 10.2 Å². The van der Waals surface area contributed by atoms with E-state index >= 15 is 0 Å². The number of nitrogens with zero attached hydrogens (tertiary/aromatic N) is 1. The predicted molar refractivity (Wildman–Crippen MR) is 75.0 cm³/mol. The van der Waals surface area contributed by atoms with Gasteiger partial charge in [0.15, 0.2) is 0 Å². The van der Waals surface area contributed by atoms with Gasteiger partial charge in [-0.25, -0.2) is 4.79 Å². The number of piperidine rings is 1. The first-order valence-corrected chi connectivity index (χ1v) is 7.14. The predicted octanol–water partition coefficient (Wildman–Crippen LogP) is 2.62. The van der Waals surface area contributed by atoms with Crippen molar-refractivity contribution >= 4 is 6.03 Å². The monoisotopic (exact) mass is 316 g/mol. The fraction of sp³-hybridized carbons (Fsp3) is 0.533. The van der Waals surface area contributed by atoms with E-state index in [4.69, 9.17) is 0 Å². The second-order valence-electron chi connectivity index (χ2n) is 5.63. The molecule has 1 aromatic carbocycles. The molecule has 122 valence electrons. The number of benzene rings is 1. The van der Waals surface area contributed by atoms with Crippen molar-refractivity contribution in [2.24, 2.45) is 5.92 Å². The molecule has 0 bridgehead atoms. The van der Waals surface area contributed by atoms with Gasteiger partial charge in [-0.2, -0.15) is 13.2 Å². The van der Waals surface area contributed by atoms with Crippen molar-refractivity contribution in [1.29, 1.82) is 0 Å². The van der Waals surface area contributed by atoms with E-state index in [0.717, 1.165) is 18.6 Å². The van der Waals surface area contributed by atoms with Crippen molar-refractivity contribution in [2.75, 3.05) is 13.1 Å². The minimum atomic E-state index is -4.36. The van der Waals surface area contributed by atoms with E-state index in [1.165, 1.54) is 17.0 Å². The number of hydrogen-bond acceptors (Lipinski definition) is 2. The van der Waals surface area contributed by atoms with Crippen LogP contribution in [0.3, 0.4) is 0 Å². The fourth-order valence-electron chi connectivity index (χ4n) is 2.33. The minimum Gasteiger partial charge on any atom is -0.391 e. The van der Waals surface area contributed by atoms with Crippen LogP contribution in [-0.2, 0) is 12.7 Å². The van der Waals surface area contributed by atoms with Gasteiger partial charge in [-0.15, -0.1) is 0 Å². The van der Waals surface area contributed by atoms with Gasteiger partial charge in [0, 0.05) is 19.6 Å². The molecule has 1 fully saturated rings. The Hall–Kier alpha value is -1.76. The second-order valence-corrected chi connectivity index (χ2v) is 5.63. The number of alkyl halides is 3. The molecule has 0 radical (unpaired) electrons. The average Bonchev–Trinajstić information content (AvgIpc) is 2.47. The molecule has 0 aliphatic carbocycles. The summed E-state index contributed by atoms with van der Waals surface area (Å²) in [6.07, 6.45) is -4.16. The highest BCUT2D eigenvalue weighted by Crippen LogP contribution is 2.29. The molecule has 1 heterocycles. The molecular formula is C15H19F3N2O2. The number of urea groups is 1. The van der Waals surface area contributed by atoms with E-state index in [2.05, 4.69) is 5.32 Å². The van der Waals surface area contributed by atoms with Crippen LogP contribution in [0.4, 0.5) is 18.0 Å². The molecule has 22 heavy (non-hydrogen) atoms. The molecular weight excluding hydrogens is 297 g/mol. The molecule has 0 aromatic heterocycles. The zero-order valence-corrected chi connectivity index (χ0v) is 12.2. The molecule has 4 nitrogen and oxygen atoms in total. The highest BCUT2D eigenvalue weighted by atomic mass is 19.4. The summed E-state index contributed by atoms with van der Waals surface area (Å²) in [6, 6.07) is 4.36. The SMILES string of the molecule is CC1CCN(C(=O)NCc2ccc(C(F)(F)F)cc2)CC1O. The second kappa shape index (κ2) is 6.56. The topological polar surface area (TPSA) is 52.6 Å². The smallest absolute Gasteiger partial charge is 0.391 e. The zero-order valence-electron chi connectivity index (χ0n) is 12.2. The van der Waals surface area contributed by atoms with Gasteiger partial charge < -0.3 is 15.3 Å². The van der Waals surface area contributed by atoms with E-state index in [0.29, 0.717) is 12.1 Å². The third kappa shape index (κ3) is 4.13. The maximum Gasteiger partial charge on any atom is 0.416 e. The number of aliphatic hydroxyl groups excluding tert-OH is 1. The van der Waals surface area contributed by atoms with Gasteiger partial charge in [0.05, 0.1) is 11.7 Å². The van der Waals surface area contributed by atoms with Crippen molar-refractivity contribution in [3.8, 4) is 0 Å². The lowest BCUT2D eigenvalue weighted by Gasteiger charge is -2.34. The van der Waals surface area contributed by atoms with Gasteiger partial charge in [0.1, 0.15) is 0 Å². The minimum absolute atomic E-state index is 0.152. The number of aliphatic hydroxyl groups is 1. The highest BCUT2D eigenvalue weighted by molar-refractivity contribution is 5.74. The summed E-state index contributed by atoms with van der Waals surface area (Å²) in [6.45, 7) is 2.93. The Morgan fingerprint density at radius 2 is 2.00 bits per heavy atom. The molecule has 1 aliphatic heterocycles. The number of carbonyl (C=O) groups is 1. The summed E-state index contributed by atoms with van der Waals surface area (Å²) < 4.78 is 37.3. The standard InChI is InChI=1S/C15H19F3N2O2/c1-10-6-7-20(9-13(10)21)14(22)19-8-11-2-4-12(5-3-11)15(16,17)18/h2-5,10,13,21H,6-9H2,1H3,(H,19,22). The number of nitrogens with one attached hydrogen (secondary N) is 1. The van der Waals surface area contributed by atoms with E-state index in [1.807, 2.05) is 6.92 Å². The van der Waals surface area contributed by atoms with Crippen LogP contribution in [0.15, 0.2) is 24.3 Å². The first-order chi connectivity index (χ1) is 10.3. The number of likely N-dealkylation sites (tertiary alicyclic amines) is 1. The number of carbonyl (C=O) groups excluding carboxylic acids is 1. The summed E-state index contributed by atoms with van der Waals surface area (Å²) in [7, 11) is 0. The van der Waals surface area contributed by atoms with Gasteiger partial charge in [0.25, 0.3) is 0 Å². The van der Waals surface area contributed by atoms with Crippen LogP contribution in [0, 0.1) is 5.92 Å². The molecule has 7 heteroatoms. The average molecular weight is 316 g/mol. The quantitative estimate of drug-likeness (QED) is 0.881. The van der Waals surface area contributed by atoms with Crippen LogP contribution < -0.4 is 5.32 Å². The van der Waals surface area contributed by atoms with Crippen molar-refractivity contribution in [3.63, 3.8) is 0 Å². The third-order valence-corrected chi connectivity index (χ3v) is 3.93. The number of hydrogen-bond donors (Lipinski definition) is 2. The number of halogens is 3. The van der Waals surface area contributed by atoms with Crippen LogP contribution in [0.1, 0.15) is 24.5 Å². The molecule has 2 rings (SSSR count). The van der Waals surface area contributed by atoms with E-state index in [-0.39, 0.29) is 25.0 Å². The Morgan fingerprint density at radius 1 is 1.36 bits per heavy atom. The summed E-state index contributed by atoms with van der Waals surface area (Å²) in [5.41, 5.74) is -0.122. The lowest BCUT2D eigenvalue weighted by molar-refractivity contribution is -0.137. The van der Waals surface area contributed by atoms with Crippen LogP contribution in [0.5, 0.6) is 0 Å². The number of rotatable bonds is 2. The molecule has 1 saturated heterocycles. The molecule has 2 unspecified atom stereocenters. The first kappa shape index (κ1) is 16.6. The molecule has 0 spiro atoms. The Labute approximate surface area is 126 Å². The molecule has 1 aromatic rings. The normalized spacial score (nSPS) is 22.5.